The fraction of sp³-hybridized carbons (Fsp3) is 0.444. The van der Waals surface area contributed by atoms with Gasteiger partial charge in [0.15, 0.2) is 0 Å². The Morgan fingerprint density at radius 2 is 2.17 bits per heavy atom. The number of nitrogens with one attached hydrogen (secondary N) is 1. The number of benzene rings is 1. The van der Waals surface area contributed by atoms with Gasteiger partial charge in [0.05, 0.1) is 24.9 Å². The van der Waals surface area contributed by atoms with Crippen LogP contribution in [0.2, 0.25) is 0 Å². The van der Waals surface area contributed by atoms with Crippen molar-refractivity contribution in [3.63, 3.8) is 0 Å². The highest BCUT2D eigenvalue weighted by atomic mass is 16.5. The lowest BCUT2D eigenvalue weighted by Crippen LogP contribution is -2.41. The number of anilines is 1. The number of rotatable bonds is 4. The fourth-order valence-corrected chi connectivity index (χ4v) is 3.15. The lowest BCUT2D eigenvalue weighted by molar-refractivity contribution is -0.142. The smallest absolute Gasteiger partial charge is 0.319 e. The van der Waals surface area contributed by atoms with Gasteiger partial charge >= 0.3 is 5.97 Å². The van der Waals surface area contributed by atoms with Gasteiger partial charge in [0.2, 0.25) is 0 Å². The first-order chi connectivity index (χ1) is 11.2. The predicted molar refractivity (Wildman–Crippen MR) is 91.6 cm³/mol. The topological polar surface area (TPSA) is 54.5 Å². The van der Waals surface area contributed by atoms with Crippen LogP contribution in [0.25, 0.3) is 10.9 Å². The van der Waals surface area contributed by atoms with Crippen molar-refractivity contribution in [2.24, 2.45) is 0 Å². The summed E-state index contributed by atoms with van der Waals surface area (Å²) in [6, 6.07) is 8.80. The van der Waals surface area contributed by atoms with Crippen LogP contribution in [-0.4, -0.2) is 48.6 Å². The molecule has 0 spiro atoms. The number of hydrogen-bond acceptors (Lipinski definition) is 5. The molecule has 1 aromatic heterocycles. The average Bonchev–Trinajstić information content (AvgIpc) is 2.56. The minimum Gasteiger partial charge on any atom is -0.468 e. The number of fused-ring (bicyclic) bond motifs is 1. The molecule has 1 aliphatic heterocycles. The Morgan fingerprint density at radius 3 is 2.91 bits per heavy atom. The van der Waals surface area contributed by atoms with Crippen molar-refractivity contribution < 1.29 is 9.53 Å². The molecule has 5 heteroatoms. The molecule has 3 rings (SSSR count). The second-order valence-corrected chi connectivity index (χ2v) is 6.16. The Labute approximate surface area is 136 Å². The Morgan fingerprint density at radius 1 is 1.39 bits per heavy atom. The van der Waals surface area contributed by atoms with Crippen LogP contribution >= 0.6 is 0 Å². The quantitative estimate of drug-likeness (QED) is 0.879. The Balaban J connectivity index is 1.66. The third kappa shape index (κ3) is 3.79. The normalized spacial score (nSPS) is 16.4. The van der Waals surface area contributed by atoms with E-state index >= 15 is 0 Å². The number of ether oxygens (including phenoxy) is 1. The van der Waals surface area contributed by atoms with Gasteiger partial charge in [0, 0.05) is 30.7 Å². The zero-order chi connectivity index (χ0) is 16.2. The van der Waals surface area contributed by atoms with Crippen molar-refractivity contribution in [3.05, 3.63) is 36.0 Å². The molecule has 122 valence electrons. The van der Waals surface area contributed by atoms with Gasteiger partial charge in [0.1, 0.15) is 0 Å². The van der Waals surface area contributed by atoms with Crippen LogP contribution in [-0.2, 0) is 9.53 Å². The van der Waals surface area contributed by atoms with E-state index in [2.05, 4.69) is 40.3 Å². The number of hydrogen-bond donors (Lipinski definition) is 1. The minimum absolute atomic E-state index is 0.162. The summed E-state index contributed by atoms with van der Waals surface area (Å²) in [5.74, 6) is -0.162. The second-order valence-electron chi connectivity index (χ2n) is 6.16. The van der Waals surface area contributed by atoms with Crippen LogP contribution in [0, 0.1) is 6.92 Å². The van der Waals surface area contributed by atoms with Crippen LogP contribution in [0.3, 0.4) is 0 Å². The summed E-state index contributed by atoms with van der Waals surface area (Å²) in [7, 11) is 1.44. The van der Waals surface area contributed by atoms with Crippen LogP contribution in [0.5, 0.6) is 0 Å². The number of pyridine rings is 1. The van der Waals surface area contributed by atoms with Gasteiger partial charge < -0.3 is 10.1 Å². The number of carbonyl (C=O) groups excluding carboxylic acids is 1. The number of nitrogens with zero attached hydrogens (tertiary/aromatic N) is 2. The number of esters is 1. The van der Waals surface area contributed by atoms with Crippen molar-refractivity contribution in [2.45, 2.75) is 25.8 Å². The van der Waals surface area contributed by atoms with E-state index < -0.39 is 0 Å². The average molecular weight is 313 g/mol. The van der Waals surface area contributed by atoms with Crippen molar-refractivity contribution in [1.82, 2.24) is 9.88 Å². The molecule has 0 saturated carbocycles. The molecule has 1 aromatic carbocycles. The van der Waals surface area contributed by atoms with E-state index in [1.807, 2.05) is 12.3 Å². The molecule has 23 heavy (non-hydrogen) atoms. The van der Waals surface area contributed by atoms with E-state index in [1.54, 1.807) is 0 Å². The molecule has 1 N–H and O–H groups in total. The van der Waals surface area contributed by atoms with Crippen molar-refractivity contribution in [3.8, 4) is 0 Å². The van der Waals surface area contributed by atoms with E-state index in [4.69, 9.17) is 4.74 Å². The van der Waals surface area contributed by atoms with Gasteiger partial charge in [0.25, 0.3) is 0 Å². The lowest BCUT2D eigenvalue weighted by Gasteiger charge is -2.32. The van der Waals surface area contributed by atoms with Gasteiger partial charge in [-0.1, -0.05) is 6.07 Å². The van der Waals surface area contributed by atoms with Crippen LogP contribution in [0.15, 0.2) is 30.5 Å². The highest BCUT2D eigenvalue weighted by molar-refractivity contribution is 5.91. The first kappa shape index (κ1) is 15.7. The third-order valence-electron chi connectivity index (χ3n) is 4.38. The highest BCUT2D eigenvalue weighted by Crippen LogP contribution is 2.25. The van der Waals surface area contributed by atoms with Crippen molar-refractivity contribution in [1.29, 1.82) is 0 Å². The molecule has 0 amide bonds. The molecule has 0 bridgehead atoms. The predicted octanol–water partition coefficient (Wildman–Crippen LogP) is 2.59. The molecular weight excluding hydrogens is 290 g/mol. The Kier molecular flexibility index (Phi) is 4.76. The van der Waals surface area contributed by atoms with Gasteiger partial charge in [-0.15, -0.1) is 0 Å². The van der Waals surface area contributed by atoms with Crippen LogP contribution < -0.4 is 5.32 Å². The highest BCUT2D eigenvalue weighted by Gasteiger charge is 2.21. The largest absolute Gasteiger partial charge is 0.468 e. The summed E-state index contributed by atoms with van der Waals surface area (Å²) in [5.41, 5.74) is 3.36. The SMILES string of the molecule is COC(=O)CN1CCC(Nc2cc(C)cc3cccnc23)CC1. The van der Waals surface area contributed by atoms with Crippen LogP contribution in [0.1, 0.15) is 18.4 Å². The second kappa shape index (κ2) is 6.96. The molecule has 0 atom stereocenters. The molecule has 5 nitrogen and oxygen atoms in total. The molecule has 0 unspecified atom stereocenters. The number of piperidine rings is 1. The summed E-state index contributed by atoms with van der Waals surface area (Å²) in [6.07, 6.45) is 3.86. The molecule has 2 heterocycles. The first-order valence-electron chi connectivity index (χ1n) is 8.07. The van der Waals surface area contributed by atoms with Gasteiger partial charge in [-0.2, -0.15) is 0 Å². The number of carbonyl (C=O) groups is 1. The molecule has 2 aromatic rings. The number of aryl methyl sites for hydroxylation is 1. The molecule has 1 fully saturated rings. The van der Waals surface area contributed by atoms with Gasteiger partial charge in [-0.3, -0.25) is 14.7 Å². The number of aromatic nitrogens is 1. The van der Waals surface area contributed by atoms with Crippen LogP contribution in [0.4, 0.5) is 5.69 Å². The van der Waals surface area contributed by atoms with E-state index in [0.29, 0.717) is 12.6 Å². The first-order valence-corrected chi connectivity index (χ1v) is 8.07. The fourth-order valence-electron chi connectivity index (χ4n) is 3.15. The molecule has 1 aliphatic rings. The van der Waals surface area contributed by atoms with E-state index in [-0.39, 0.29) is 5.97 Å². The summed E-state index contributed by atoms with van der Waals surface area (Å²) in [5, 5.41) is 4.81. The van der Waals surface area contributed by atoms with Crippen molar-refractivity contribution in [2.75, 3.05) is 32.1 Å². The summed E-state index contributed by atoms with van der Waals surface area (Å²) >= 11 is 0. The third-order valence-corrected chi connectivity index (χ3v) is 4.38. The monoisotopic (exact) mass is 313 g/mol. The van der Waals surface area contributed by atoms with Gasteiger partial charge in [-0.25, -0.2) is 0 Å². The molecule has 0 radical (unpaired) electrons. The number of likely N-dealkylation sites (tertiary alicyclic amines) is 1. The number of methoxy groups -OCH3 is 1. The zero-order valence-corrected chi connectivity index (χ0v) is 13.7. The Hall–Kier alpha value is -2.14. The summed E-state index contributed by atoms with van der Waals surface area (Å²) in [6.45, 7) is 4.31. The maximum absolute atomic E-state index is 11.3. The Bertz CT molecular complexity index is 694. The summed E-state index contributed by atoms with van der Waals surface area (Å²) < 4.78 is 4.73. The molecule has 0 aliphatic carbocycles. The maximum Gasteiger partial charge on any atom is 0.319 e. The van der Waals surface area contributed by atoms with E-state index in [1.165, 1.54) is 12.7 Å². The van der Waals surface area contributed by atoms with E-state index in [9.17, 15) is 4.79 Å². The summed E-state index contributed by atoms with van der Waals surface area (Å²) in [4.78, 5) is 18.0. The van der Waals surface area contributed by atoms with E-state index in [0.717, 1.165) is 42.5 Å². The van der Waals surface area contributed by atoms with Gasteiger partial charge in [-0.05, 0) is 43.5 Å². The molecule has 1 saturated heterocycles. The van der Waals surface area contributed by atoms with Crippen molar-refractivity contribution >= 4 is 22.6 Å². The minimum atomic E-state index is -0.162. The maximum atomic E-state index is 11.3. The standard InChI is InChI=1S/C18H23N3O2/c1-13-10-14-4-3-7-19-18(14)16(11-13)20-15-5-8-21(9-6-15)12-17(22)23-2/h3-4,7,10-11,15,20H,5-6,8-9,12H2,1-2H3. The molecular formula is C18H23N3O2. The lowest BCUT2D eigenvalue weighted by atomic mass is 10.0. The zero-order valence-electron chi connectivity index (χ0n) is 13.7.